The van der Waals surface area contributed by atoms with Gasteiger partial charge < -0.3 is 15.4 Å². The normalized spacial score (nSPS) is 12.3. The summed E-state index contributed by atoms with van der Waals surface area (Å²) in [6, 6.07) is 13.7. The molecule has 0 spiro atoms. The van der Waals surface area contributed by atoms with Gasteiger partial charge in [-0.25, -0.2) is 13.1 Å². The number of sulfonamides is 1. The molecule has 0 aliphatic rings. The fourth-order valence-electron chi connectivity index (χ4n) is 3.39. The van der Waals surface area contributed by atoms with Crippen molar-refractivity contribution in [1.29, 1.82) is 0 Å². The molecule has 1 atom stereocenters. The summed E-state index contributed by atoms with van der Waals surface area (Å²) in [7, 11) is -1.95. The highest BCUT2D eigenvalue weighted by Gasteiger charge is 2.19. The first-order valence-electron chi connectivity index (χ1n) is 10.4. The van der Waals surface area contributed by atoms with E-state index in [0.717, 1.165) is 22.8 Å². The third-order valence-electron chi connectivity index (χ3n) is 4.96. The molecule has 3 rings (SSSR count). The summed E-state index contributed by atoms with van der Waals surface area (Å²) >= 11 is 6.03. The zero-order valence-electron chi connectivity index (χ0n) is 18.5. The number of nitrogens with one attached hydrogen (secondary N) is 3. The van der Waals surface area contributed by atoms with Crippen LogP contribution in [-0.4, -0.2) is 45.8 Å². The minimum Gasteiger partial charge on any atom is -0.497 e. The van der Waals surface area contributed by atoms with Gasteiger partial charge in [0, 0.05) is 41.8 Å². The molecule has 0 radical (unpaired) electrons. The van der Waals surface area contributed by atoms with Gasteiger partial charge in [-0.15, -0.1) is 0 Å². The van der Waals surface area contributed by atoms with Crippen molar-refractivity contribution in [3.8, 4) is 5.75 Å². The number of amides is 1. The number of carbonyl (C=O) groups is 1. The van der Waals surface area contributed by atoms with Gasteiger partial charge in [0.2, 0.25) is 15.9 Å². The van der Waals surface area contributed by atoms with Gasteiger partial charge in [-0.2, -0.15) is 0 Å². The topological polar surface area (TPSA) is 109 Å². The molecule has 0 fully saturated rings. The minimum atomic E-state index is -3.50. The number of nitrogens with zero attached hydrogens (tertiary/aromatic N) is 1. The molecule has 0 bridgehead atoms. The maximum atomic E-state index is 12.5. The van der Waals surface area contributed by atoms with Crippen molar-refractivity contribution in [3.05, 3.63) is 65.3 Å². The predicted octanol–water partition coefficient (Wildman–Crippen LogP) is 3.50. The quantitative estimate of drug-likeness (QED) is 0.355. The predicted molar refractivity (Wildman–Crippen MR) is 131 cm³/mol. The van der Waals surface area contributed by atoms with E-state index >= 15 is 0 Å². The molecular weight excluding hydrogens is 464 g/mol. The van der Waals surface area contributed by atoms with Crippen LogP contribution in [0.5, 0.6) is 5.75 Å². The molecule has 0 saturated heterocycles. The van der Waals surface area contributed by atoms with Crippen molar-refractivity contribution in [2.75, 3.05) is 31.8 Å². The standard InChI is InChI=1S/C23H27ClN4O4S/c1-32-18-7-4-16(5-8-18)21(28-33(2,30)31)15-23(29)27-12-3-11-25-20-10-13-26-22-14-17(24)6-9-19(20)22/h4-10,13-14,21,28H,3,11-12,15H2,1-2H3,(H,25,26)(H,27,29). The number of ether oxygens (including phenoxy) is 1. The number of anilines is 1. The van der Waals surface area contributed by atoms with E-state index in [-0.39, 0.29) is 12.3 Å². The molecule has 8 nitrogen and oxygen atoms in total. The van der Waals surface area contributed by atoms with E-state index in [9.17, 15) is 13.2 Å². The van der Waals surface area contributed by atoms with Gasteiger partial charge in [-0.05, 0) is 48.4 Å². The van der Waals surface area contributed by atoms with E-state index in [0.29, 0.717) is 35.8 Å². The maximum absolute atomic E-state index is 12.5. The van der Waals surface area contributed by atoms with Gasteiger partial charge >= 0.3 is 0 Å². The van der Waals surface area contributed by atoms with Crippen LogP contribution >= 0.6 is 11.6 Å². The SMILES string of the molecule is COc1ccc(C(CC(=O)NCCCNc2ccnc3cc(Cl)ccc23)NS(C)(=O)=O)cc1. The van der Waals surface area contributed by atoms with Crippen LogP contribution in [0.25, 0.3) is 10.9 Å². The van der Waals surface area contributed by atoms with Crippen LogP contribution in [0.2, 0.25) is 5.02 Å². The first-order chi connectivity index (χ1) is 15.7. The fraction of sp³-hybridized carbons (Fsp3) is 0.304. The van der Waals surface area contributed by atoms with E-state index in [1.165, 1.54) is 0 Å². The van der Waals surface area contributed by atoms with Crippen molar-refractivity contribution in [2.45, 2.75) is 18.9 Å². The lowest BCUT2D eigenvalue weighted by molar-refractivity contribution is -0.121. The summed E-state index contributed by atoms with van der Waals surface area (Å²) in [5, 5.41) is 7.81. The van der Waals surface area contributed by atoms with E-state index < -0.39 is 16.1 Å². The Hall–Kier alpha value is -2.88. The number of aromatic nitrogens is 1. The minimum absolute atomic E-state index is 0.0113. The smallest absolute Gasteiger partial charge is 0.221 e. The average Bonchev–Trinajstić information content (AvgIpc) is 2.77. The Morgan fingerprint density at radius 3 is 2.58 bits per heavy atom. The second-order valence-electron chi connectivity index (χ2n) is 7.57. The second-order valence-corrected chi connectivity index (χ2v) is 9.79. The number of hydrogen-bond donors (Lipinski definition) is 3. The van der Waals surface area contributed by atoms with E-state index in [1.54, 1.807) is 37.6 Å². The van der Waals surface area contributed by atoms with Gasteiger partial charge in [0.25, 0.3) is 0 Å². The number of methoxy groups -OCH3 is 1. The molecule has 3 aromatic rings. The van der Waals surface area contributed by atoms with E-state index in [2.05, 4.69) is 20.3 Å². The van der Waals surface area contributed by atoms with Gasteiger partial charge in [0.15, 0.2) is 0 Å². The molecule has 0 saturated carbocycles. The van der Waals surface area contributed by atoms with Crippen LogP contribution < -0.4 is 20.1 Å². The van der Waals surface area contributed by atoms with E-state index in [4.69, 9.17) is 16.3 Å². The van der Waals surface area contributed by atoms with Gasteiger partial charge in [-0.3, -0.25) is 9.78 Å². The number of rotatable bonds is 11. The van der Waals surface area contributed by atoms with Crippen LogP contribution in [0, 0.1) is 0 Å². The summed E-state index contributed by atoms with van der Waals surface area (Å²) in [6.07, 6.45) is 3.47. The van der Waals surface area contributed by atoms with E-state index in [1.807, 2.05) is 24.3 Å². The summed E-state index contributed by atoms with van der Waals surface area (Å²) in [4.78, 5) is 16.8. The first-order valence-corrected chi connectivity index (χ1v) is 12.7. The summed E-state index contributed by atoms with van der Waals surface area (Å²) in [6.45, 7) is 1.10. The Balaban J connectivity index is 1.50. The third-order valence-corrected chi connectivity index (χ3v) is 5.91. The van der Waals surface area contributed by atoms with Crippen molar-refractivity contribution < 1.29 is 17.9 Å². The number of benzene rings is 2. The zero-order chi connectivity index (χ0) is 23.8. The number of carbonyl (C=O) groups excluding carboxylic acids is 1. The number of hydrogen-bond acceptors (Lipinski definition) is 6. The lowest BCUT2D eigenvalue weighted by atomic mass is 10.0. The lowest BCUT2D eigenvalue weighted by Crippen LogP contribution is -2.33. The molecule has 3 N–H and O–H groups in total. The molecular formula is C23H27ClN4O4S. The van der Waals surface area contributed by atoms with Crippen LogP contribution in [-0.2, 0) is 14.8 Å². The molecule has 176 valence electrons. The maximum Gasteiger partial charge on any atom is 0.221 e. The molecule has 1 amide bonds. The molecule has 0 aliphatic heterocycles. The number of halogens is 1. The van der Waals surface area contributed by atoms with Crippen LogP contribution in [0.4, 0.5) is 5.69 Å². The lowest BCUT2D eigenvalue weighted by Gasteiger charge is -2.18. The molecule has 10 heteroatoms. The highest BCUT2D eigenvalue weighted by Crippen LogP contribution is 2.24. The van der Waals surface area contributed by atoms with Gasteiger partial charge in [-0.1, -0.05) is 23.7 Å². The van der Waals surface area contributed by atoms with Crippen LogP contribution in [0.3, 0.4) is 0 Å². The highest BCUT2D eigenvalue weighted by atomic mass is 35.5. The van der Waals surface area contributed by atoms with Crippen LogP contribution in [0.1, 0.15) is 24.4 Å². The Labute approximate surface area is 198 Å². The summed E-state index contributed by atoms with van der Waals surface area (Å²) in [5.74, 6) is 0.412. The Bertz CT molecular complexity index is 1200. The zero-order valence-corrected chi connectivity index (χ0v) is 20.0. The Morgan fingerprint density at radius 1 is 1.12 bits per heavy atom. The molecule has 2 aromatic carbocycles. The molecule has 1 unspecified atom stereocenters. The number of fused-ring (bicyclic) bond motifs is 1. The first kappa shape index (κ1) is 24.8. The molecule has 0 aliphatic carbocycles. The fourth-order valence-corrected chi connectivity index (χ4v) is 4.30. The van der Waals surface area contributed by atoms with Gasteiger partial charge in [0.05, 0.1) is 24.9 Å². The Kier molecular flexibility index (Phi) is 8.49. The van der Waals surface area contributed by atoms with Gasteiger partial charge in [0.1, 0.15) is 5.75 Å². The largest absolute Gasteiger partial charge is 0.497 e. The highest BCUT2D eigenvalue weighted by molar-refractivity contribution is 7.88. The van der Waals surface area contributed by atoms with Crippen molar-refractivity contribution >= 4 is 44.1 Å². The third kappa shape index (κ3) is 7.59. The second kappa shape index (κ2) is 11.3. The monoisotopic (exact) mass is 490 g/mol. The van der Waals surface area contributed by atoms with Crippen molar-refractivity contribution in [3.63, 3.8) is 0 Å². The molecule has 1 heterocycles. The average molecular weight is 491 g/mol. The van der Waals surface area contributed by atoms with Crippen molar-refractivity contribution in [1.82, 2.24) is 15.0 Å². The summed E-state index contributed by atoms with van der Waals surface area (Å²) < 4.78 is 31.2. The Morgan fingerprint density at radius 2 is 1.88 bits per heavy atom. The van der Waals surface area contributed by atoms with Crippen LogP contribution in [0.15, 0.2) is 54.7 Å². The van der Waals surface area contributed by atoms with Crippen molar-refractivity contribution in [2.24, 2.45) is 0 Å². The number of pyridine rings is 1. The molecule has 1 aromatic heterocycles. The summed E-state index contributed by atoms with van der Waals surface area (Å²) in [5.41, 5.74) is 2.44. The molecule has 33 heavy (non-hydrogen) atoms.